The molecule has 1 saturated carbocycles. The zero-order valence-corrected chi connectivity index (χ0v) is 10.9. The minimum absolute atomic E-state index is 0.221. The molecule has 0 bridgehead atoms. The van der Waals surface area contributed by atoms with Gasteiger partial charge in [0.1, 0.15) is 6.61 Å². The molecule has 5 heteroatoms. The molecule has 1 aromatic rings. The van der Waals surface area contributed by atoms with Crippen molar-refractivity contribution in [3.63, 3.8) is 0 Å². The van der Waals surface area contributed by atoms with Gasteiger partial charge in [-0.1, -0.05) is 25.7 Å². The standard InChI is InChI=1S/C13H21N3O2/c1-17-11-8-15-9-12(16-11)18-10-13(14)6-4-2-3-5-7-13/h8-9H,2-7,10,14H2,1H3. The largest absolute Gasteiger partial charge is 0.480 e. The fourth-order valence-corrected chi connectivity index (χ4v) is 2.29. The molecule has 1 aromatic heterocycles. The predicted octanol–water partition coefficient (Wildman–Crippen LogP) is 1.92. The van der Waals surface area contributed by atoms with E-state index < -0.39 is 0 Å². The summed E-state index contributed by atoms with van der Waals surface area (Å²) in [5, 5.41) is 0. The molecule has 0 spiro atoms. The second-order valence-electron chi connectivity index (χ2n) is 4.96. The van der Waals surface area contributed by atoms with Crippen LogP contribution in [0.25, 0.3) is 0 Å². The van der Waals surface area contributed by atoms with Gasteiger partial charge in [-0.05, 0) is 12.8 Å². The number of hydrogen-bond acceptors (Lipinski definition) is 5. The first-order valence-corrected chi connectivity index (χ1v) is 6.50. The average molecular weight is 251 g/mol. The molecule has 0 aliphatic heterocycles. The summed E-state index contributed by atoms with van der Waals surface area (Å²) in [5.74, 6) is 0.933. The normalized spacial score (nSPS) is 19.0. The second kappa shape index (κ2) is 6.00. The van der Waals surface area contributed by atoms with Crippen molar-refractivity contribution in [3.8, 4) is 11.8 Å². The molecule has 0 unspecified atom stereocenters. The monoisotopic (exact) mass is 251 g/mol. The Bertz CT molecular complexity index is 376. The summed E-state index contributed by atoms with van der Waals surface area (Å²) in [6, 6.07) is 0. The van der Waals surface area contributed by atoms with E-state index in [1.54, 1.807) is 19.5 Å². The molecule has 0 amide bonds. The second-order valence-corrected chi connectivity index (χ2v) is 4.96. The van der Waals surface area contributed by atoms with Crippen LogP contribution in [-0.2, 0) is 0 Å². The van der Waals surface area contributed by atoms with Gasteiger partial charge in [-0.15, -0.1) is 0 Å². The van der Waals surface area contributed by atoms with Gasteiger partial charge in [-0.3, -0.25) is 4.98 Å². The van der Waals surface area contributed by atoms with Crippen LogP contribution in [0.4, 0.5) is 0 Å². The van der Waals surface area contributed by atoms with Crippen LogP contribution in [0.15, 0.2) is 12.4 Å². The van der Waals surface area contributed by atoms with Crippen molar-refractivity contribution in [1.82, 2.24) is 9.97 Å². The van der Waals surface area contributed by atoms with E-state index >= 15 is 0 Å². The van der Waals surface area contributed by atoms with Gasteiger partial charge in [-0.25, -0.2) is 0 Å². The number of ether oxygens (including phenoxy) is 2. The molecule has 0 atom stereocenters. The molecule has 0 radical (unpaired) electrons. The number of aromatic nitrogens is 2. The van der Waals surface area contributed by atoms with E-state index in [1.165, 1.54) is 25.7 Å². The molecule has 100 valence electrons. The third-order valence-corrected chi connectivity index (χ3v) is 3.41. The van der Waals surface area contributed by atoms with Crippen LogP contribution in [0, 0.1) is 0 Å². The first-order chi connectivity index (χ1) is 8.72. The average Bonchev–Trinajstić information content (AvgIpc) is 2.62. The first kappa shape index (κ1) is 13.1. The maximum absolute atomic E-state index is 6.37. The summed E-state index contributed by atoms with van der Waals surface area (Å²) in [5.41, 5.74) is 6.15. The Hall–Kier alpha value is -1.36. The summed E-state index contributed by atoms with van der Waals surface area (Å²) in [6.07, 6.45) is 10.1. The van der Waals surface area contributed by atoms with Gasteiger partial charge in [0.2, 0.25) is 11.8 Å². The lowest BCUT2D eigenvalue weighted by Crippen LogP contribution is -2.45. The van der Waals surface area contributed by atoms with Crippen LogP contribution in [0.3, 0.4) is 0 Å². The van der Waals surface area contributed by atoms with Crippen molar-refractivity contribution in [2.45, 2.75) is 44.1 Å². The highest BCUT2D eigenvalue weighted by atomic mass is 16.5. The molecule has 2 rings (SSSR count). The Kier molecular flexibility index (Phi) is 4.36. The predicted molar refractivity (Wildman–Crippen MR) is 68.7 cm³/mol. The summed E-state index contributed by atoms with van der Waals surface area (Å²) < 4.78 is 10.7. The summed E-state index contributed by atoms with van der Waals surface area (Å²) >= 11 is 0. The zero-order chi connectivity index (χ0) is 12.8. The molecule has 5 nitrogen and oxygen atoms in total. The molecule has 1 aliphatic carbocycles. The van der Waals surface area contributed by atoms with E-state index in [4.69, 9.17) is 15.2 Å². The summed E-state index contributed by atoms with van der Waals surface area (Å²) in [4.78, 5) is 8.17. The molecule has 2 N–H and O–H groups in total. The fraction of sp³-hybridized carbons (Fsp3) is 0.692. The number of rotatable bonds is 4. The Morgan fingerprint density at radius 1 is 1.17 bits per heavy atom. The Morgan fingerprint density at radius 3 is 2.50 bits per heavy atom. The summed E-state index contributed by atoms with van der Waals surface area (Å²) in [6.45, 7) is 0.495. The van der Waals surface area contributed by atoms with Crippen LogP contribution in [-0.4, -0.2) is 29.2 Å². The van der Waals surface area contributed by atoms with Gasteiger partial charge in [0.15, 0.2) is 0 Å². The Labute approximate surface area is 108 Å². The lowest BCUT2D eigenvalue weighted by atomic mass is 9.93. The maximum Gasteiger partial charge on any atom is 0.235 e. The highest BCUT2D eigenvalue weighted by Crippen LogP contribution is 2.25. The van der Waals surface area contributed by atoms with Crippen molar-refractivity contribution >= 4 is 0 Å². The summed E-state index contributed by atoms with van der Waals surface area (Å²) in [7, 11) is 1.56. The third-order valence-electron chi connectivity index (χ3n) is 3.41. The quantitative estimate of drug-likeness (QED) is 0.828. The molecular weight excluding hydrogens is 230 g/mol. The Morgan fingerprint density at radius 2 is 1.83 bits per heavy atom. The SMILES string of the molecule is COc1cncc(OCC2(N)CCCCCC2)n1. The van der Waals surface area contributed by atoms with Crippen molar-refractivity contribution in [2.75, 3.05) is 13.7 Å². The Balaban J connectivity index is 1.92. The molecule has 0 aromatic carbocycles. The molecule has 0 saturated heterocycles. The first-order valence-electron chi connectivity index (χ1n) is 6.50. The van der Waals surface area contributed by atoms with Gasteiger partial charge in [-0.2, -0.15) is 4.98 Å². The minimum Gasteiger partial charge on any atom is -0.480 e. The van der Waals surface area contributed by atoms with Gasteiger partial charge in [0.25, 0.3) is 0 Å². The van der Waals surface area contributed by atoms with Crippen LogP contribution in [0.2, 0.25) is 0 Å². The van der Waals surface area contributed by atoms with Gasteiger partial charge < -0.3 is 15.2 Å². The highest BCUT2D eigenvalue weighted by Gasteiger charge is 2.27. The number of nitrogens with two attached hydrogens (primary N) is 1. The lowest BCUT2D eigenvalue weighted by molar-refractivity contribution is 0.191. The van der Waals surface area contributed by atoms with Gasteiger partial charge in [0, 0.05) is 0 Å². The zero-order valence-electron chi connectivity index (χ0n) is 10.9. The van der Waals surface area contributed by atoms with Crippen LogP contribution >= 0.6 is 0 Å². The number of methoxy groups -OCH3 is 1. The van der Waals surface area contributed by atoms with Crippen molar-refractivity contribution in [2.24, 2.45) is 5.73 Å². The van der Waals surface area contributed by atoms with Crippen molar-refractivity contribution in [3.05, 3.63) is 12.4 Å². The van der Waals surface area contributed by atoms with E-state index in [-0.39, 0.29) is 5.54 Å². The minimum atomic E-state index is -0.221. The van der Waals surface area contributed by atoms with Crippen molar-refractivity contribution < 1.29 is 9.47 Å². The highest BCUT2D eigenvalue weighted by molar-refractivity contribution is 5.12. The van der Waals surface area contributed by atoms with Crippen LogP contribution < -0.4 is 15.2 Å². The van der Waals surface area contributed by atoms with E-state index in [2.05, 4.69) is 9.97 Å². The van der Waals surface area contributed by atoms with Crippen LogP contribution in [0.5, 0.6) is 11.8 Å². The maximum atomic E-state index is 6.37. The third kappa shape index (κ3) is 3.57. The molecule has 1 aliphatic rings. The fourth-order valence-electron chi connectivity index (χ4n) is 2.29. The van der Waals surface area contributed by atoms with Crippen LogP contribution in [0.1, 0.15) is 38.5 Å². The number of hydrogen-bond donors (Lipinski definition) is 1. The van der Waals surface area contributed by atoms with E-state index in [1.807, 2.05) is 0 Å². The molecule has 18 heavy (non-hydrogen) atoms. The smallest absolute Gasteiger partial charge is 0.235 e. The van der Waals surface area contributed by atoms with Crippen molar-refractivity contribution in [1.29, 1.82) is 0 Å². The van der Waals surface area contributed by atoms with Gasteiger partial charge in [0.05, 0.1) is 25.0 Å². The lowest BCUT2D eigenvalue weighted by Gasteiger charge is -2.27. The van der Waals surface area contributed by atoms with E-state index in [9.17, 15) is 0 Å². The van der Waals surface area contributed by atoms with Gasteiger partial charge >= 0.3 is 0 Å². The molecular formula is C13H21N3O2. The molecule has 1 fully saturated rings. The van der Waals surface area contributed by atoms with E-state index in [0.29, 0.717) is 18.4 Å². The topological polar surface area (TPSA) is 70.3 Å². The number of nitrogens with zero attached hydrogens (tertiary/aromatic N) is 2. The molecule has 1 heterocycles. The van der Waals surface area contributed by atoms with E-state index in [0.717, 1.165) is 12.8 Å².